The Morgan fingerprint density at radius 2 is 1.87 bits per heavy atom. The second kappa shape index (κ2) is 15.0. The van der Waals surface area contributed by atoms with Gasteiger partial charge in [0.05, 0.1) is 18.9 Å². The van der Waals surface area contributed by atoms with Gasteiger partial charge in [0.25, 0.3) is 5.91 Å². The Bertz CT molecular complexity index is 1930. The minimum atomic E-state index is -3.91. The van der Waals surface area contributed by atoms with Crippen LogP contribution in [0.15, 0.2) is 42.6 Å². The monoisotopic (exact) mass is 767 g/mol. The molecule has 0 unspecified atom stereocenters. The lowest BCUT2D eigenvalue weighted by molar-refractivity contribution is -0.146. The van der Waals surface area contributed by atoms with E-state index in [1.165, 1.54) is 9.80 Å². The van der Waals surface area contributed by atoms with Crippen molar-refractivity contribution in [2.75, 3.05) is 13.7 Å². The fourth-order valence-corrected chi connectivity index (χ4v) is 9.60. The van der Waals surface area contributed by atoms with E-state index >= 15 is 4.79 Å². The van der Waals surface area contributed by atoms with Gasteiger partial charge < -0.3 is 24.8 Å². The maximum atomic E-state index is 15.1. The van der Waals surface area contributed by atoms with Crippen LogP contribution in [-0.4, -0.2) is 100 Å². The van der Waals surface area contributed by atoms with Crippen molar-refractivity contribution in [1.82, 2.24) is 24.8 Å². The lowest BCUT2D eigenvalue weighted by atomic mass is 9.82. The molecule has 3 heterocycles. The van der Waals surface area contributed by atoms with Gasteiger partial charge in [-0.05, 0) is 89.3 Å². The molecule has 6 rings (SSSR count). The van der Waals surface area contributed by atoms with E-state index in [1.807, 2.05) is 37.3 Å². The van der Waals surface area contributed by atoms with E-state index in [0.717, 1.165) is 11.8 Å². The molecule has 1 aromatic heterocycles. The molecule has 1 saturated heterocycles. The van der Waals surface area contributed by atoms with Gasteiger partial charge in [-0.1, -0.05) is 38.5 Å². The van der Waals surface area contributed by atoms with Crippen molar-refractivity contribution < 1.29 is 42.2 Å². The number of sulfonamides is 1. The molecule has 0 radical (unpaired) electrons. The van der Waals surface area contributed by atoms with E-state index in [0.29, 0.717) is 43.2 Å². The van der Waals surface area contributed by atoms with E-state index < -0.39 is 74.3 Å². The lowest BCUT2D eigenvalue weighted by Gasteiger charge is -2.44. The third-order valence-corrected chi connectivity index (χ3v) is 13.2. The Morgan fingerprint density at radius 1 is 1.13 bits per heavy atom. The highest BCUT2D eigenvalue weighted by Crippen LogP contribution is 2.46. The zero-order valence-corrected chi connectivity index (χ0v) is 32.7. The summed E-state index contributed by atoms with van der Waals surface area (Å²) in [5.41, 5.74) is -2.50. The van der Waals surface area contributed by atoms with Crippen LogP contribution in [0, 0.1) is 17.8 Å². The van der Waals surface area contributed by atoms with Crippen molar-refractivity contribution in [2.45, 2.75) is 121 Å². The number of carbonyl (C=O) groups excluding carboxylic acids is 3. The van der Waals surface area contributed by atoms with Gasteiger partial charge in [-0.25, -0.2) is 18.2 Å². The maximum absolute atomic E-state index is 15.1. The summed E-state index contributed by atoms with van der Waals surface area (Å²) < 4.78 is 40.0. The molecule has 3 fully saturated rings. The molecule has 2 aliphatic heterocycles. The second-order valence-corrected chi connectivity index (χ2v) is 18.3. The van der Waals surface area contributed by atoms with Gasteiger partial charge in [-0.3, -0.25) is 24.0 Å². The topological polar surface area (TPSA) is 185 Å². The highest BCUT2D eigenvalue weighted by atomic mass is 32.2. The number of nitrogens with one attached hydrogen (secondary N) is 2. The third-order valence-electron chi connectivity index (χ3n) is 11.4. The molecule has 2 saturated carbocycles. The molecule has 0 spiro atoms. The number of hydrogen-bond acceptors (Lipinski definition) is 9. The Labute approximate surface area is 317 Å². The lowest BCUT2D eigenvalue weighted by Crippen LogP contribution is -2.62. The van der Waals surface area contributed by atoms with Crippen molar-refractivity contribution in [3.8, 4) is 11.6 Å². The Balaban J connectivity index is 1.41. The summed E-state index contributed by atoms with van der Waals surface area (Å²) in [6, 6.07) is 4.97. The number of aromatic nitrogens is 1. The molecule has 294 valence electrons. The van der Waals surface area contributed by atoms with Crippen molar-refractivity contribution in [3.05, 3.63) is 42.6 Å². The van der Waals surface area contributed by atoms with Crippen LogP contribution in [0.1, 0.15) is 86.0 Å². The molecule has 4 amide bonds. The number of rotatable bonds is 8. The molecule has 3 N–H and O–H groups in total. The number of amides is 4. The predicted octanol–water partition coefficient (Wildman–Crippen LogP) is 4.62. The summed E-state index contributed by atoms with van der Waals surface area (Å²) in [7, 11) is -2.35. The van der Waals surface area contributed by atoms with E-state index in [2.05, 4.69) is 21.9 Å². The van der Waals surface area contributed by atoms with Crippen LogP contribution in [0.2, 0.25) is 0 Å². The number of carbonyl (C=O) groups is 4. The molecule has 54 heavy (non-hydrogen) atoms. The first kappa shape index (κ1) is 39.3. The third kappa shape index (κ3) is 7.87. The van der Waals surface area contributed by atoms with E-state index in [4.69, 9.17) is 9.47 Å². The van der Waals surface area contributed by atoms with Gasteiger partial charge in [-0.15, -0.1) is 0 Å². The molecule has 4 aliphatic rings. The van der Waals surface area contributed by atoms with Crippen LogP contribution in [-0.2, 0) is 24.4 Å². The first-order valence-electron chi connectivity index (χ1n) is 19.0. The number of benzene rings is 1. The molecule has 14 nitrogen and oxygen atoms in total. The van der Waals surface area contributed by atoms with Crippen molar-refractivity contribution in [2.24, 2.45) is 17.8 Å². The molecule has 2 aliphatic carbocycles. The number of methoxy groups -OCH3 is 1. The quantitative estimate of drug-likeness (QED) is 0.320. The highest BCUT2D eigenvalue weighted by Gasteiger charge is 2.62. The van der Waals surface area contributed by atoms with Gasteiger partial charge in [-0.2, -0.15) is 0 Å². The zero-order valence-electron chi connectivity index (χ0n) is 31.9. The SMILES string of the molecule is CC[C@@H]1C[C@@H](C)CC/C=C\[C@@H]2C[C@@]2(C(=O)NS(=O)(=O)C2CC2)NC(=O)[C@@H]2C[C@@H](Oc3nccc4c(OC)cccc34)CN2C(=O)[C@H]1N(C(=O)O)C(C)(C)C. The second-order valence-electron chi connectivity index (χ2n) is 16.4. The Kier molecular flexibility index (Phi) is 10.9. The van der Waals surface area contributed by atoms with Crippen LogP contribution < -0.4 is 19.5 Å². The Hall–Kier alpha value is -4.40. The highest BCUT2D eigenvalue weighted by molar-refractivity contribution is 7.91. The molecule has 2 aromatic rings. The summed E-state index contributed by atoms with van der Waals surface area (Å²) in [5.74, 6) is -1.79. The summed E-state index contributed by atoms with van der Waals surface area (Å²) >= 11 is 0. The summed E-state index contributed by atoms with van der Waals surface area (Å²) in [6.45, 7) is 9.21. The van der Waals surface area contributed by atoms with Crippen molar-refractivity contribution in [1.29, 1.82) is 0 Å². The average molecular weight is 768 g/mol. The number of allylic oxidation sites excluding steroid dienone is 1. The molecular weight excluding hydrogens is 715 g/mol. The summed E-state index contributed by atoms with van der Waals surface area (Å²) in [6.07, 6.45) is 7.04. The number of carboxylic acid groups (broad SMARTS) is 1. The van der Waals surface area contributed by atoms with Crippen LogP contribution in [0.3, 0.4) is 0 Å². The van der Waals surface area contributed by atoms with Crippen molar-refractivity contribution >= 4 is 44.6 Å². The number of nitrogens with zero attached hydrogens (tertiary/aromatic N) is 3. The smallest absolute Gasteiger partial charge is 0.408 e. The van der Waals surface area contributed by atoms with Crippen LogP contribution >= 0.6 is 0 Å². The minimum absolute atomic E-state index is 0.0146. The minimum Gasteiger partial charge on any atom is -0.496 e. The molecule has 1 aromatic carbocycles. The summed E-state index contributed by atoms with van der Waals surface area (Å²) in [5, 5.41) is 14.3. The average Bonchev–Trinajstić information content (AvgIpc) is 4.03. The van der Waals surface area contributed by atoms with Crippen LogP contribution in [0.25, 0.3) is 10.8 Å². The molecular formula is C39H53N5O9S. The van der Waals surface area contributed by atoms with E-state index in [9.17, 15) is 27.9 Å². The zero-order chi connectivity index (χ0) is 39.2. The number of hydrogen-bond donors (Lipinski definition) is 3. The first-order valence-corrected chi connectivity index (χ1v) is 20.5. The first-order chi connectivity index (χ1) is 25.5. The predicted molar refractivity (Wildman–Crippen MR) is 201 cm³/mol. The molecule has 7 atom stereocenters. The van der Waals surface area contributed by atoms with Crippen LogP contribution in [0.5, 0.6) is 11.6 Å². The normalized spacial score (nSPS) is 29.9. The Morgan fingerprint density at radius 3 is 2.52 bits per heavy atom. The fourth-order valence-electron chi connectivity index (χ4n) is 8.23. The van der Waals surface area contributed by atoms with E-state index in [1.54, 1.807) is 40.1 Å². The largest absolute Gasteiger partial charge is 0.496 e. The van der Waals surface area contributed by atoms with E-state index in [-0.39, 0.29) is 37.1 Å². The van der Waals surface area contributed by atoms with Gasteiger partial charge in [0.1, 0.15) is 29.5 Å². The van der Waals surface area contributed by atoms with Crippen LogP contribution in [0.4, 0.5) is 4.79 Å². The van der Waals surface area contributed by atoms with Gasteiger partial charge in [0.15, 0.2) is 0 Å². The summed E-state index contributed by atoms with van der Waals surface area (Å²) in [4.78, 5) is 63.6. The number of ether oxygens (including phenoxy) is 2. The number of pyridine rings is 1. The van der Waals surface area contributed by atoms with Gasteiger partial charge in [0, 0.05) is 34.8 Å². The molecule has 0 bridgehead atoms. The fraction of sp³-hybridized carbons (Fsp3) is 0.615. The van der Waals surface area contributed by atoms with Gasteiger partial charge in [0.2, 0.25) is 27.7 Å². The maximum Gasteiger partial charge on any atom is 0.408 e. The van der Waals surface area contributed by atoms with Crippen molar-refractivity contribution in [3.63, 3.8) is 0 Å². The number of fused-ring (bicyclic) bond motifs is 3. The molecule has 15 heteroatoms. The van der Waals surface area contributed by atoms with Gasteiger partial charge >= 0.3 is 6.09 Å². The standard InChI is InChI=1S/C39H53N5O9S/c1-7-24-19-23(2)11-8-9-12-25-21-39(25,36(47)42-54(50,51)27-15-16-27)41-33(45)30-20-26(22-43(30)35(46)32(24)44(37(48)49)38(3,4)5)53-34-29-13-10-14-31(52-6)28(29)17-18-40-34/h9-10,12-14,17-18,23-27,30,32H,7-8,11,15-16,19-22H2,1-6H3,(H,41,45)(H,42,47)(H,48,49)/b12-9-/t23-,24+,25+,26+,30-,32-,39+/m0/s1.